The lowest BCUT2D eigenvalue weighted by Crippen LogP contribution is -2.60. The Bertz CT molecular complexity index is 1230. The quantitative estimate of drug-likeness (QED) is 0.665. The summed E-state index contributed by atoms with van der Waals surface area (Å²) in [7, 11) is -3.26. The van der Waals surface area contributed by atoms with Crippen LogP contribution in [0.2, 0.25) is 0 Å². The summed E-state index contributed by atoms with van der Waals surface area (Å²) in [6.45, 7) is 0.458. The Morgan fingerprint density at radius 1 is 1.28 bits per heavy atom. The minimum Gasteiger partial charge on any atom is -0.382 e. The molecule has 0 saturated carbocycles. The van der Waals surface area contributed by atoms with Crippen molar-refractivity contribution in [3.63, 3.8) is 0 Å². The fraction of sp³-hybridized carbons (Fsp3) is 0.211. The van der Waals surface area contributed by atoms with Crippen LogP contribution in [0.5, 0.6) is 0 Å². The zero-order valence-electron chi connectivity index (χ0n) is 15.5. The Kier molecular flexibility index (Phi) is 4.67. The molecule has 3 aromatic rings. The van der Waals surface area contributed by atoms with Crippen LogP contribution < -0.4 is 11.1 Å². The van der Waals surface area contributed by atoms with Gasteiger partial charge >= 0.3 is 0 Å². The SMILES string of the molecule is CS(=O)(=O)N1CC(NC(=O)c2cnc(N)c3nc(-c4cccc(F)c4)ccc23)C1. The number of nitrogen functional groups attached to an aromatic ring is 1. The molecule has 1 aliphatic rings. The van der Waals surface area contributed by atoms with Crippen LogP contribution >= 0.6 is 0 Å². The number of benzene rings is 1. The highest BCUT2D eigenvalue weighted by Crippen LogP contribution is 2.26. The van der Waals surface area contributed by atoms with Gasteiger partial charge in [0.2, 0.25) is 10.0 Å². The first kappa shape index (κ1) is 19.2. The van der Waals surface area contributed by atoms with Crippen LogP contribution in [0, 0.1) is 5.82 Å². The van der Waals surface area contributed by atoms with E-state index in [2.05, 4.69) is 15.3 Å². The standard InChI is InChI=1S/C19H18FN5O3S/c1-29(27,28)25-9-13(10-25)23-19(26)15-8-22-18(21)17-14(15)5-6-16(24-17)11-3-2-4-12(20)7-11/h2-8,13H,9-10H2,1H3,(H2,21,22)(H,23,26). The minimum absolute atomic E-state index is 0.154. The van der Waals surface area contributed by atoms with Crippen LogP contribution in [0.15, 0.2) is 42.6 Å². The van der Waals surface area contributed by atoms with Gasteiger partial charge in [-0.05, 0) is 24.3 Å². The Balaban J connectivity index is 1.62. The number of hydrogen-bond donors (Lipinski definition) is 2. The molecule has 1 amide bonds. The number of carbonyl (C=O) groups excluding carboxylic acids is 1. The Labute approximate surface area is 166 Å². The topological polar surface area (TPSA) is 118 Å². The Hall–Kier alpha value is -3.11. The molecule has 2 aromatic heterocycles. The number of anilines is 1. The second-order valence-electron chi connectivity index (χ2n) is 6.91. The lowest BCUT2D eigenvalue weighted by Gasteiger charge is -2.37. The van der Waals surface area contributed by atoms with Gasteiger partial charge in [0.25, 0.3) is 5.91 Å². The molecule has 0 atom stereocenters. The maximum absolute atomic E-state index is 13.5. The van der Waals surface area contributed by atoms with E-state index in [1.165, 1.54) is 22.6 Å². The third kappa shape index (κ3) is 3.76. The highest BCUT2D eigenvalue weighted by molar-refractivity contribution is 7.88. The van der Waals surface area contributed by atoms with E-state index in [1.807, 2.05) is 0 Å². The molecule has 0 aliphatic carbocycles. The van der Waals surface area contributed by atoms with Crippen LogP contribution in [-0.4, -0.2) is 54.0 Å². The average Bonchev–Trinajstić information content (AvgIpc) is 2.63. The zero-order chi connectivity index (χ0) is 20.8. The number of halogens is 1. The first-order chi connectivity index (χ1) is 13.7. The van der Waals surface area contributed by atoms with Gasteiger partial charge < -0.3 is 11.1 Å². The molecule has 0 bridgehead atoms. The van der Waals surface area contributed by atoms with Gasteiger partial charge in [0, 0.05) is 30.2 Å². The molecule has 150 valence electrons. The molecule has 10 heteroatoms. The third-order valence-electron chi connectivity index (χ3n) is 4.78. The number of carbonyl (C=O) groups is 1. The number of sulfonamides is 1. The molecule has 29 heavy (non-hydrogen) atoms. The van der Waals surface area contributed by atoms with Crippen LogP contribution in [0.25, 0.3) is 22.2 Å². The first-order valence-corrected chi connectivity index (χ1v) is 10.6. The molecule has 0 spiro atoms. The Morgan fingerprint density at radius 3 is 2.72 bits per heavy atom. The monoisotopic (exact) mass is 415 g/mol. The number of amides is 1. The van der Waals surface area contributed by atoms with E-state index in [4.69, 9.17) is 5.73 Å². The van der Waals surface area contributed by atoms with Crippen LogP contribution in [0.3, 0.4) is 0 Å². The fourth-order valence-electron chi connectivity index (χ4n) is 3.19. The summed E-state index contributed by atoms with van der Waals surface area (Å²) < 4.78 is 37.7. The van der Waals surface area contributed by atoms with Crippen molar-refractivity contribution in [2.24, 2.45) is 0 Å². The summed E-state index contributed by atoms with van der Waals surface area (Å²) in [6, 6.07) is 9.11. The molecular weight excluding hydrogens is 397 g/mol. The van der Waals surface area contributed by atoms with Crippen molar-refractivity contribution in [2.45, 2.75) is 6.04 Å². The molecule has 1 fully saturated rings. The largest absolute Gasteiger partial charge is 0.382 e. The molecule has 4 rings (SSSR count). The second kappa shape index (κ2) is 7.05. The molecule has 8 nitrogen and oxygen atoms in total. The van der Waals surface area contributed by atoms with Crippen LogP contribution in [-0.2, 0) is 10.0 Å². The van der Waals surface area contributed by atoms with Gasteiger partial charge in [-0.2, -0.15) is 4.31 Å². The number of nitrogens with zero attached hydrogens (tertiary/aromatic N) is 3. The zero-order valence-corrected chi connectivity index (χ0v) is 16.3. The summed E-state index contributed by atoms with van der Waals surface area (Å²) in [5.74, 6) is -0.616. The van der Waals surface area contributed by atoms with E-state index in [0.717, 1.165) is 6.26 Å². The summed E-state index contributed by atoms with van der Waals surface area (Å²) in [5, 5.41) is 3.31. The summed E-state index contributed by atoms with van der Waals surface area (Å²) in [4.78, 5) is 21.2. The smallest absolute Gasteiger partial charge is 0.253 e. The maximum Gasteiger partial charge on any atom is 0.253 e. The lowest BCUT2D eigenvalue weighted by molar-refractivity contribution is 0.0897. The summed E-state index contributed by atoms with van der Waals surface area (Å²) in [6.07, 6.45) is 2.49. The second-order valence-corrected chi connectivity index (χ2v) is 8.89. The summed E-state index contributed by atoms with van der Waals surface area (Å²) >= 11 is 0. The van der Waals surface area contributed by atoms with Crippen molar-refractivity contribution in [2.75, 3.05) is 25.1 Å². The van der Waals surface area contributed by atoms with Crippen molar-refractivity contribution in [1.29, 1.82) is 0 Å². The van der Waals surface area contributed by atoms with E-state index in [1.54, 1.807) is 24.3 Å². The van der Waals surface area contributed by atoms with Crippen molar-refractivity contribution < 1.29 is 17.6 Å². The Morgan fingerprint density at radius 2 is 2.03 bits per heavy atom. The van der Waals surface area contributed by atoms with Gasteiger partial charge in [-0.15, -0.1) is 0 Å². The minimum atomic E-state index is -3.26. The molecule has 1 aliphatic heterocycles. The van der Waals surface area contributed by atoms with Crippen molar-refractivity contribution in [3.05, 3.63) is 54.0 Å². The fourth-order valence-corrected chi connectivity index (χ4v) is 4.09. The van der Waals surface area contributed by atoms with E-state index >= 15 is 0 Å². The first-order valence-electron chi connectivity index (χ1n) is 8.79. The predicted octanol–water partition coefficient (Wildman–Crippen LogP) is 1.39. The number of rotatable bonds is 4. The molecule has 3 heterocycles. The van der Waals surface area contributed by atoms with Crippen LogP contribution in [0.4, 0.5) is 10.2 Å². The van der Waals surface area contributed by atoms with Crippen molar-refractivity contribution >= 4 is 32.7 Å². The van der Waals surface area contributed by atoms with Crippen LogP contribution in [0.1, 0.15) is 10.4 Å². The van der Waals surface area contributed by atoms with E-state index in [-0.39, 0.29) is 42.2 Å². The van der Waals surface area contributed by atoms with E-state index < -0.39 is 10.0 Å². The van der Waals surface area contributed by atoms with Gasteiger partial charge in [-0.1, -0.05) is 12.1 Å². The normalized spacial score (nSPS) is 15.2. The number of nitrogens with one attached hydrogen (secondary N) is 1. The number of aromatic nitrogens is 2. The van der Waals surface area contributed by atoms with Gasteiger partial charge in [0.15, 0.2) is 0 Å². The van der Waals surface area contributed by atoms with Gasteiger partial charge in [0.05, 0.1) is 23.6 Å². The number of fused-ring (bicyclic) bond motifs is 1. The van der Waals surface area contributed by atoms with Gasteiger partial charge in [-0.25, -0.2) is 22.8 Å². The van der Waals surface area contributed by atoms with E-state index in [0.29, 0.717) is 22.2 Å². The third-order valence-corrected chi connectivity index (χ3v) is 6.01. The number of nitrogens with two attached hydrogens (primary N) is 1. The van der Waals surface area contributed by atoms with Crippen molar-refractivity contribution in [1.82, 2.24) is 19.6 Å². The maximum atomic E-state index is 13.5. The van der Waals surface area contributed by atoms with Crippen molar-refractivity contribution in [3.8, 4) is 11.3 Å². The number of hydrogen-bond acceptors (Lipinski definition) is 6. The van der Waals surface area contributed by atoms with Gasteiger partial charge in [0.1, 0.15) is 17.2 Å². The highest BCUT2D eigenvalue weighted by atomic mass is 32.2. The predicted molar refractivity (Wildman–Crippen MR) is 107 cm³/mol. The molecule has 1 saturated heterocycles. The molecular formula is C19H18FN5O3S. The summed E-state index contributed by atoms with van der Waals surface area (Å²) in [5.41, 5.74) is 7.66. The number of pyridine rings is 2. The molecule has 1 aromatic carbocycles. The average molecular weight is 415 g/mol. The highest BCUT2D eigenvalue weighted by Gasteiger charge is 2.34. The lowest BCUT2D eigenvalue weighted by atomic mass is 10.1. The van der Waals surface area contributed by atoms with E-state index in [9.17, 15) is 17.6 Å². The molecule has 0 radical (unpaired) electrons. The molecule has 3 N–H and O–H groups in total. The van der Waals surface area contributed by atoms with Gasteiger partial charge in [-0.3, -0.25) is 4.79 Å². The molecule has 0 unspecified atom stereocenters.